The Bertz CT molecular complexity index is 562. The van der Waals surface area contributed by atoms with Crippen molar-refractivity contribution in [3.8, 4) is 5.75 Å². The van der Waals surface area contributed by atoms with Gasteiger partial charge in [-0.05, 0) is 23.2 Å². The molecule has 1 aromatic rings. The van der Waals surface area contributed by atoms with E-state index in [2.05, 4.69) is 33.0 Å². The highest BCUT2D eigenvalue weighted by atomic mass is 28.3. The van der Waals surface area contributed by atoms with Crippen molar-refractivity contribution in [2.75, 3.05) is 5.32 Å². The van der Waals surface area contributed by atoms with E-state index in [0.29, 0.717) is 16.8 Å². The topological polar surface area (TPSA) is 75.6 Å². The molecule has 0 atom stereocenters. The molecule has 1 aromatic carbocycles. The van der Waals surface area contributed by atoms with Crippen molar-refractivity contribution in [2.45, 2.75) is 52.6 Å². The number of hydrogen-bond donors (Lipinski definition) is 2. The number of aromatic carboxylic acids is 1. The maximum absolute atomic E-state index is 11.9. The Morgan fingerprint density at radius 2 is 1.65 bits per heavy atom. The molecule has 0 bridgehead atoms. The SMILES string of the molecule is CC(C)C(=O)Nc1cc(O[Si](C(C)C)C(C)C)ccc1C(=O)O. The molecule has 0 unspecified atom stereocenters. The number of carboxylic acids is 1. The van der Waals surface area contributed by atoms with Gasteiger partial charge in [-0.3, -0.25) is 4.79 Å². The van der Waals surface area contributed by atoms with Gasteiger partial charge in [-0.1, -0.05) is 41.5 Å². The standard InChI is InChI=1S/C17H26NO4Si/c1-10(2)16(19)18-15-9-13(7-8-14(15)17(20)21)22-23(11(3)4)12(5)6/h7-12H,1-6H3,(H,18,19)(H,20,21). The molecule has 23 heavy (non-hydrogen) atoms. The lowest BCUT2D eigenvalue weighted by molar-refractivity contribution is -0.118. The van der Waals surface area contributed by atoms with E-state index < -0.39 is 15.0 Å². The summed E-state index contributed by atoms with van der Waals surface area (Å²) in [6.07, 6.45) is 0. The van der Waals surface area contributed by atoms with E-state index in [1.807, 2.05) is 0 Å². The van der Waals surface area contributed by atoms with Crippen LogP contribution in [0, 0.1) is 5.92 Å². The third-order valence-corrected chi connectivity index (χ3v) is 6.13. The van der Waals surface area contributed by atoms with Crippen molar-refractivity contribution in [3.63, 3.8) is 0 Å². The monoisotopic (exact) mass is 336 g/mol. The van der Waals surface area contributed by atoms with Crippen LogP contribution >= 0.6 is 0 Å². The van der Waals surface area contributed by atoms with E-state index in [1.165, 1.54) is 6.07 Å². The van der Waals surface area contributed by atoms with Crippen molar-refractivity contribution in [1.29, 1.82) is 0 Å². The lowest BCUT2D eigenvalue weighted by Crippen LogP contribution is -2.29. The van der Waals surface area contributed by atoms with Gasteiger partial charge in [-0.2, -0.15) is 0 Å². The lowest BCUT2D eigenvalue weighted by Gasteiger charge is -2.23. The third-order valence-electron chi connectivity index (χ3n) is 3.38. The Morgan fingerprint density at radius 1 is 1.09 bits per heavy atom. The average molecular weight is 336 g/mol. The zero-order valence-corrected chi connectivity index (χ0v) is 15.6. The van der Waals surface area contributed by atoms with Crippen molar-refractivity contribution < 1.29 is 19.1 Å². The fourth-order valence-electron chi connectivity index (χ4n) is 2.19. The first-order valence-corrected chi connectivity index (χ1v) is 9.42. The maximum Gasteiger partial charge on any atom is 0.337 e. The molecule has 0 heterocycles. The fourth-order valence-corrected chi connectivity index (χ4v) is 4.40. The molecule has 127 valence electrons. The first-order chi connectivity index (χ1) is 10.6. The highest BCUT2D eigenvalue weighted by Crippen LogP contribution is 2.28. The van der Waals surface area contributed by atoms with Gasteiger partial charge in [-0.15, -0.1) is 0 Å². The van der Waals surface area contributed by atoms with E-state index in [1.54, 1.807) is 26.0 Å². The molecule has 0 spiro atoms. The van der Waals surface area contributed by atoms with Gasteiger partial charge in [0.05, 0.1) is 11.3 Å². The van der Waals surface area contributed by atoms with Crippen LogP contribution in [0.5, 0.6) is 5.75 Å². The van der Waals surface area contributed by atoms with Crippen LogP contribution in [0.15, 0.2) is 18.2 Å². The normalized spacial score (nSPS) is 11.4. The minimum absolute atomic E-state index is 0.0641. The molecule has 1 radical (unpaired) electrons. The first-order valence-electron chi connectivity index (χ1n) is 7.86. The summed E-state index contributed by atoms with van der Waals surface area (Å²) in [6.45, 7) is 12.0. The van der Waals surface area contributed by atoms with E-state index in [4.69, 9.17) is 4.43 Å². The number of amides is 1. The van der Waals surface area contributed by atoms with Gasteiger partial charge in [0, 0.05) is 12.0 Å². The number of carbonyl (C=O) groups is 2. The fraction of sp³-hybridized carbons (Fsp3) is 0.529. The van der Waals surface area contributed by atoms with Crippen molar-refractivity contribution in [1.82, 2.24) is 0 Å². The molecule has 1 rings (SSSR count). The summed E-state index contributed by atoms with van der Waals surface area (Å²) in [4.78, 5) is 23.2. The Morgan fingerprint density at radius 3 is 2.09 bits per heavy atom. The zero-order chi connectivity index (χ0) is 17.7. The van der Waals surface area contributed by atoms with Gasteiger partial charge < -0.3 is 14.8 Å². The lowest BCUT2D eigenvalue weighted by atomic mass is 10.1. The van der Waals surface area contributed by atoms with Gasteiger partial charge in [0.15, 0.2) is 0 Å². The van der Waals surface area contributed by atoms with Crippen LogP contribution in [-0.4, -0.2) is 26.0 Å². The van der Waals surface area contributed by atoms with E-state index >= 15 is 0 Å². The Labute approximate surface area is 139 Å². The molecule has 0 aliphatic heterocycles. The number of benzene rings is 1. The average Bonchev–Trinajstić information content (AvgIpc) is 2.43. The number of hydrogen-bond acceptors (Lipinski definition) is 3. The van der Waals surface area contributed by atoms with Crippen LogP contribution in [0.4, 0.5) is 5.69 Å². The van der Waals surface area contributed by atoms with Gasteiger partial charge >= 0.3 is 5.97 Å². The minimum Gasteiger partial charge on any atom is -0.541 e. The van der Waals surface area contributed by atoms with Crippen LogP contribution in [0.3, 0.4) is 0 Å². The second-order valence-electron chi connectivity index (χ2n) is 6.47. The van der Waals surface area contributed by atoms with Crippen molar-refractivity contribution >= 4 is 26.6 Å². The highest BCUT2D eigenvalue weighted by Gasteiger charge is 2.25. The highest BCUT2D eigenvalue weighted by molar-refractivity contribution is 6.55. The van der Waals surface area contributed by atoms with Crippen LogP contribution < -0.4 is 9.74 Å². The van der Waals surface area contributed by atoms with Gasteiger partial charge in [0.2, 0.25) is 5.91 Å². The molecular formula is C17H26NO4Si. The number of carboxylic acid groups (broad SMARTS) is 1. The van der Waals surface area contributed by atoms with Crippen molar-refractivity contribution in [3.05, 3.63) is 23.8 Å². The number of carbonyl (C=O) groups excluding carboxylic acids is 1. The van der Waals surface area contributed by atoms with E-state index in [9.17, 15) is 14.7 Å². The molecule has 5 nitrogen and oxygen atoms in total. The van der Waals surface area contributed by atoms with E-state index in [0.717, 1.165) is 0 Å². The molecular weight excluding hydrogens is 310 g/mol. The summed E-state index contributed by atoms with van der Waals surface area (Å²) in [7, 11) is -1.08. The van der Waals surface area contributed by atoms with Crippen LogP contribution in [0.1, 0.15) is 51.9 Å². The van der Waals surface area contributed by atoms with Crippen molar-refractivity contribution in [2.24, 2.45) is 5.92 Å². The first kappa shape index (κ1) is 19.2. The number of nitrogens with one attached hydrogen (secondary N) is 1. The maximum atomic E-state index is 11.9. The molecule has 0 aliphatic carbocycles. The summed E-state index contributed by atoms with van der Waals surface area (Å²) in [5, 5.41) is 12.0. The summed E-state index contributed by atoms with van der Waals surface area (Å²) in [5.41, 5.74) is 1.19. The molecule has 0 saturated carbocycles. The molecule has 0 aliphatic rings. The Balaban J connectivity index is 3.12. The quantitative estimate of drug-likeness (QED) is 0.733. The summed E-state index contributed by atoms with van der Waals surface area (Å²) in [5.74, 6) is -0.922. The minimum atomic E-state index is -1.08. The molecule has 2 N–H and O–H groups in total. The summed E-state index contributed by atoms with van der Waals surface area (Å²) < 4.78 is 6.11. The molecule has 1 amide bonds. The largest absolute Gasteiger partial charge is 0.541 e. The third kappa shape index (κ3) is 5.39. The molecule has 0 aromatic heterocycles. The number of rotatable bonds is 7. The second kappa shape index (κ2) is 8.15. The van der Waals surface area contributed by atoms with E-state index in [-0.39, 0.29) is 23.1 Å². The predicted octanol–water partition coefficient (Wildman–Crippen LogP) is 4.17. The van der Waals surface area contributed by atoms with Crippen LogP contribution in [0.2, 0.25) is 11.1 Å². The molecule has 0 fully saturated rings. The van der Waals surface area contributed by atoms with Gasteiger partial charge in [0.25, 0.3) is 9.04 Å². The Hall–Kier alpha value is -1.82. The number of anilines is 1. The molecule has 6 heteroatoms. The predicted molar refractivity (Wildman–Crippen MR) is 93.4 cm³/mol. The smallest absolute Gasteiger partial charge is 0.337 e. The van der Waals surface area contributed by atoms with Gasteiger partial charge in [0.1, 0.15) is 5.75 Å². The summed E-state index contributed by atoms with van der Waals surface area (Å²) in [6, 6.07) is 4.75. The summed E-state index contributed by atoms with van der Waals surface area (Å²) >= 11 is 0. The molecule has 0 saturated heterocycles. The van der Waals surface area contributed by atoms with Crippen LogP contribution in [0.25, 0.3) is 0 Å². The second-order valence-corrected chi connectivity index (χ2v) is 9.79. The van der Waals surface area contributed by atoms with Gasteiger partial charge in [-0.25, -0.2) is 4.79 Å². The van der Waals surface area contributed by atoms with Crippen LogP contribution in [-0.2, 0) is 4.79 Å². The zero-order valence-electron chi connectivity index (χ0n) is 14.6. The Kier molecular flexibility index (Phi) is 6.81.